The molecule has 3 amide bonds. The van der Waals surface area contributed by atoms with Gasteiger partial charge in [-0.15, -0.1) is 0 Å². The Labute approximate surface area is 145 Å². The zero-order valence-corrected chi connectivity index (χ0v) is 15.7. The van der Waals surface area contributed by atoms with Crippen LogP contribution in [0, 0.1) is 5.92 Å². The average Bonchev–Trinajstić information content (AvgIpc) is 2.46. The summed E-state index contributed by atoms with van der Waals surface area (Å²) < 4.78 is 5.07. The van der Waals surface area contributed by atoms with E-state index in [-0.39, 0.29) is 30.7 Å². The maximum absolute atomic E-state index is 11.8. The molecule has 0 radical (unpaired) electrons. The largest absolute Gasteiger partial charge is 0.444 e. The first-order chi connectivity index (χ1) is 11.2. The quantitative estimate of drug-likeness (QED) is 0.528. The Morgan fingerprint density at radius 3 is 2.04 bits per heavy atom. The van der Waals surface area contributed by atoms with Crippen LogP contribution < -0.4 is 16.0 Å². The lowest BCUT2D eigenvalue weighted by molar-refractivity contribution is -0.125. The van der Waals surface area contributed by atoms with Gasteiger partial charge >= 0.3 is 6.09 Å². The van der Waals surface area contributed by atoms with E-state index < -0.39 is 11.7 Å². The van der Waals surface area contributed by atoms with Crippen molar-refractivity contribution in [3.63, 3.8) is 0 Å². The molecular formula is C17H33N3O4. The highest BCUT2D eigenvalue weighted by atomic mass is 16.6. The molecule has 0 rings (SSSR count). The van der Waals surface area contributed by atoms with Gasteiger partial charge in [-0.3, -0.25) is 9.59 Å². The number of ether oxygens (including phenoxy) is 1. The van der Waals surface area contributed by atoms with Gasteiger partial charge in [0.1, 0.15) is 5.60 Å². The fourth-order valence-electron chi connectivity index (χ4n) is 2.01. The van der Waals surface area contributed by atoms with Crippen molar-refractivity contribution in [3.8, 4) is 0 Å². The molecule has 3 N–H and O–H groups in total. The van der Waals surface area contributed by atoms with E-state index in [1.54, 1.807) is 20.8 Å². The molecule has 140 valence electrons. The molecule has 0 spiro atoms. The highest BCUT2D eigenvalue weighted by Gasteiger charge is 2.16. The van der Waals surface area contributed by atoms with Crippen molar-refractivity contribution in [3.05, 3.63) is 0 Å². The number of hydrogen-bond donors (Lipinski definition) is 3. The Morgan fingerprint density at radius 1 is 0.917 bits per heavy atom. The van der Waals surface area contributed by atoms with Gasteiger partial charge < -0.3 is 20.7 Å². The maximum atomic E-state index is 11.8. The Bertz CT molecular complexity index is 401. The highest BCUT2D eigenvalue weighted by Crippen LogP contribution is 2.07. The van der Waals surface area contributed by atoms with Gasteiger partial charge in [0.2, 0.25) is 11.8 Å². The first-order valence-corrected chi connectivity index (χ1v) is 8.70. The van der Waals surface area contributed by atoms with Crippen molar-refractivity contribution in [1.29, 1.82) is 0 Å². The van der Waals surface area contributed by atoms with Gasteiger partial charge in [-0.1, -0.05) is 13.8 Å². The third-order valence-corrected chi connectivity index (χ3v) is 3.35. The standard InChI is InChI=1S/C17H33N3O4/c1-6-13(7-2)15(22)19-11-8-10-18-14(21)9-12-20-16(23)24-17(3,4)5/h13H,6-12H2,1-5H3,(H,18,21)(H,19,22)(H,20,23). The van der Waals surface area contributed by atoms with E-state index in [1.165, 1.54) is 0 Å². The number of alkyl carbamates (subject to hydrolysis) is 1. The number of carbonyl (C=O) groups is 3. The zero-order valence-electron chi connectivity index (χ0n) is 15.7. The number of rotatable bonds is 10. The van der Waals surface area contributed by atoms with Gasteiger partial charge in [0.25, 0.3) is 0 Å². The molecule has 0 aliphatic carbocycles. The summed E-state index contributed by atoms with van der Waals surface area (Å²) in [7, 11) is 0. The monoisotopic (exact) mass is 343 g/mol. The Morgan fingerprint density at radius 2 is 1.50 bits per heavy atom. The van der Waals surface area contributed by atoms with Gasteiger partial charge in [-0.2, -0.15) is 0 Å². The molecular weight excluding hydrogens is 310 g/mol. The van der Waals surface area contributed by atoms with E-state index in [0.29, 0.717) is 19.5 Å². The minimum Gasteiger partial charge on any atom is -0.444 e. The van der Waals surface area contributed by atoms with Crippen LogP contribution in [-0.2, 0) is 14.3 Å². The highest BCUT2D eigenvalue weighted by molar-refractivity contribution is 5.78. The third-order valence-electron chi connectivity index (χ3n) is 3.35. The Kier molecular flexibility index (Phi) is 10.8. The van der Waals surface area contributed by atoms with Crippen LogP contribution in [-0.4, -0.2) is 43.1 Å². The average molecular weight is 343 g/mol. The van der Waals surface area contributed by atoms with Crippen LogP contribution >= 0.6 is 0 Å². The number of amides is 3. The Hall–Kier alpha value is -1.79. The van der Waals surface area contributed by atoms with Gasteiger partial charge in [-0.25, -0.2) is 4.79 Å². The summed E-state index contributed by atoms with van der Waals surface area (Å²) in [5.74, 6) is 0.00350. The van der Waals surface area contributed by atoms with Crippen LogP contribution in [0.15, 0.2) is 0 Å². The van der Waals surface area contributed by atoms with Crippen molar-refractivity contribution < 1.29 is 19.1 Å². The lowest BCUT2D eigenvalue weighted by Crippen LogP contribution is -2.36. The number of hydrogen-bond acceptors (Lipinski definition) is 4. The third kappa shape index (κ3) is 11.7. The molecule has 0 bridgehead atoms. The van der Waals surface area contributed by atoms with E-state index in [4.69, 9.17) is 4.74 Å². The maximum Gasteiger partial charge on any atom is 0.407 e. The molecule has 0 heterocycles. The summed E-state index contributed by atoms with van der Waals surface area (Å²) >= 11 is 0. The fourth-order valence-corrected chi connectivity index (χ4v) is 2.01. The normalized spacial score (nSPS) is 11.1. The molecule has 0 aromatic heterocycles. The predicted molar refractivity (Wildman–Crippen MR) is 93.6 cm³/mol. The van der Waals surface area contributed by atoms with Gasteiger partial charge in [0.15, 0.2) is 0 Å². The lowest BCUT2D eigenvalue weighted by Gasteiger charge is -2.19. The van der Waals surface area contributed by atoms with E-state index in [1.807, 2.05) is 13.8 Å². The van der Waals surface area contributed by atoms with E-state index in [2.05, 4.69) is 16.0 Å². The summed E-state index contributed by atoms with van der Waals surface area (Å²) in [5, 5.41) is 8.16. The molecule has 24 heavy (non-hydrogen) atoms. The molecule has 0 saturated heterocycles. The molecule has 7 heteroatoms. The van der Waals surface area contributed by atoms with Crippen LogP contribution in [0.3, 0.4) is 0 Å². The predicted octanol–water partition coefficient (Wildman–Crippen LogP) is 1.96. The van der Waals surface area contributed by atoms with E-state index in [9.17, 15) is 14.4 Å². The Balaban J connectivity index is 3.67. The molecule has 0 aliphatic rings. The summed E-state index contributed by atoms with van der Waals surface area (Å²) in [4.78, 5) is 34.8. The van der Waals surface area contributed by atoms with Crippen LogP contribution in [0.1, 0.15) is 60.3 Å². The van der Waals surface area contributed by atoms with Crippen LogP contribution in [0.2, 0.25) is 0 Å². The second-order valence-electron chi connectivity index (χ2n) is 6.69. The SMILES string of the molecule is CCC(CC)C(=O)NCCCNC(=O)CCNC(=O)OC(C)(C)C. The van der Waals surface area contributed by atoms with Crippen molar-refractivity contribution in [2.24, 2.45) is 5.92 Å². The molecule has 0 aliphatic heterocycles. The minimum atomic E-state index is -0.550. The van der Waals surface area contributed by atoms with Gasteiger partial charge in [-0.05, 0) is 40.0 Å². The second kappa shape index (κ2) is 11.7. The summed E-state index contributed by atoms with van der Waals surface area (Å²) in [5.41, 5.74) is -0.550. The van der Waals surface area contributed by atoms with E-state index in [0.717, 1.165) is 12.8 Å². The smallest absolute Gasteiger partial charge is 0.407 e. The van der Waals surface area contributed by atoms with E-state index >= 15 is 0 Å². The van der Waals surface area contributed by atoms with Gasteiger partial charge in [0.05, 0.1) is 0 Å². The minimum absolute atomic E-state index is 0.0681. The summed E-state index contributed by atoms with van der Waals surface area (Å²) in [6.07, 6.45) is 2.02. The molecule has 0 unspecified atom stereocenters. The summed E-state index contributed by atoms with van der Waals surface area (Å²) in [6.45, 7) is 10.6. The summed E-state index contributed by atoms with van der Waals surface area (Å²) in [6, 6.07) is 0. The molecule has 0 aromatic carbocycles. The molecule has 0 aromatic rings. The second-order valence-corrected chi connectivity index (χ2v) is 6.69. The molecule has 7 nitrogen and oxygen atoms in total. The topological polar surface area (TPSA) is 96.5 Å². The molecule has 0 fully saturated rings. The van der Waals surface area contributed by atoms with Crippen LogP contribution in [0.4, 0.5) is 4.79 Å². The van der Waals surface area contributed by atoms with Crippen molar-refractivity contribution in [2.45, 2.75) is 65.9 Å². The first-order valence-electron chi connectivity index (χ1n) is 8.70. The lowest BCUT2D eigenvalue weighted by atomic mass is 10.0. The fraction of sp³-hybridized carbons (Fsp3) is 0.824. The van der Waals surface area contributed by atoms with Crippen molar-refractivity contribution >= 4 is 17.9 Å². The van der Waals surface area contributed by atoms with Crippen LogP contribution in [0.25, 0.3) is 0 Å². The zero-order chi connectivity index (χ0) is 18.6. The van der Waals surface area contributed by atoms with Crippen molar-refractivity contribution in [2.75, 3.05) is 19.6 Å². The van der Waals surface area contributed by atoms with Crippen LogP contribution in [0.5, 0.6) is 0 Å². The molecule has 0 saturated carbocycles. The molecule has 0 atom stereocenters. The first kappa shape index (κ1) is 22.2. The van der Waals surface area contributed by atoms with Gasteiger partial charge in [0, 0.05) is 32.0 Å². The van der Waals surface area contributed by atoms with Crippen molar-refractivity contribution in [1.82, 2.24) is 16.0 Å². The number of carbonyl (C=O) groups excluding carboxylic acids is 3. The number of nitrogens with one attached hydrogen (secondary N) is 3.